The van der Waals surface area contributed by atoms with Crippen molar-refractivity contribution in [1.82, 2.24) is 5.32 Å². The summed E-state index contributed by atoms with van der Waals surface area (Å²) < 4.78 is 6.73. The highest BCUT2D eigenvalue weighted by Crippen LogP contribution is 2.34. The number of piperidine rings is 1. The highest BCUT2D eigenvalue weighted by Gasteiger charge is 2.16. The highest BCUT2D eigenvalue weighted by atomic mass is 32.1. The van der Waals surface area contributed by atoms with Crippen LogP contribution in [0.1, 0.15) is 18.4 Å². The summed E-state index contributed by atoms with van der Waals surface area (Å²) in [5.74, 6) is 1.84. The molecule has 2 nitrogen and oxygen atoms in total. The lowest BCUT2D eigenvalue weighted by molar-refractivity contribution is 0.373. The quantitative estimate of drug-likeness (QED) is 0.913. The first kappa shape index (κ1) is 12.0. The number of thiophene rings is 1. The lowest BCUT2D eigenvalue weighted by atomic mass is 9.90. The Balaban J connectivity index is 1.89. The largest absolute Gasteiger partial charge is 0.495 e. The van der Waals surface area contributed by atoms with Crippen molar-refractivity contribution in [3.63, 3.8) is 0 Å². The van der Waals surface area contributed by atoms with Crippen LogP contribution in [0.25, 0.3) is 10.1 Å². The van der Waals surface area contributed by atoms with Gasteiger partial charge in [-0.3, -0.25) is 0 Å². The Bertz CT molecular complexity index is 528. The molecule has 2 heterocycles. The summed E-state index contributed by atoms with van der Waals surface area (Å²) in [6, 6.07) is 6.60. The standard InChI is InChI=1S/C15H19NOS/c1-17-14-3-2-12(13-6-9-18-15(13)14)10-11-4-7-16-8-5-11/h2-3,6,9,11,16H,4-5,7-8,10H2,1H3. The van der Waals surface area contributed by atoms with Crippen molar-refractivity contribution in [2.75, 3.05) is 20.2 Å². The van der Waals surface area contributed by atoms with Crippen LogP contribution in [-0.4, -0.2) is 20.2 Å². The van der Waals surface area contributed by atoms with Gasteiger partial charge in [-0.1, -0.05) is 6.07 Å². The minimum atomic E-state index is 0.836. The van der Waals surface area contributed by atoms with Crippen LogP contribution >= 0.6 is 11.3 Å². The van der Waals surface area contributed by atoms with Crippen LogP contribution in [0.3, 0.4) is 0 Å². The molecular formula is C15H19NOS. The Hall–Kier alpha value is -1.06. The Morgan fingerprint density at radius 1 is 1.28 bits per heavy atom. The maximum atomic E-state index is 5.43. The summed E-state index contributed by atoms with van der Waals surface area (Å²) >= 11 is 1.78. The van der Waals surface area contributed by atoms with E-state index in [0.717, 1.165) is 11.7 Å². The van der Waals surface area contributed by atoms with E-state index in [1.165, 1.54) is 48.0 Å². The van der Waals surface area contributed by atoms with Crippen molar-refractivity contribution < 1.29 is 4.74 Å². The molecule has 0 spiro atoms. The van der Waals surface area contributed by atoms with Gasteiger partial charge in [0.15, 0.2) is 0 Å². The number of fused-ring (bicyclic) bond motifs is 1. The molecule has 1 fully saturated rings. The van der Waals surface area contributed by atoms with E-state index in [4.69, 9.17) is 4.74 Å². The lowest BCUT2D eigenvalue weighted by Gasteiger charge is -2.23. The number of ether oxygens (including phenoxy) is 1. The Kier molecular flexibility index (Phi) is 3.52. The normalized spacial score (nSPS) is 17.2. The highest BCUT2D eigenvalue weighted by molar-refractivity contribution is 7.17. The number of methoxy groups -OCH3 is 1. The molecule has 1 aliphatic heterocycles. The molecule has 3 rings (SSSR count). The number of hydrogen-bond acceptors (Lipinski definition) is 3. The number of benzene rings is 1. The third-order valence-electron chi connectivity index (χ3n) is 3.86. The average molecular weight is 261 g/mol. The van der Waals surface area contributed by atoms with E-state index in [0.29, 0.717) is 0 Å². The summed E-state index contributed by atoms with van der Waals surface area (Å²) in [7, 11) is 1.75. The van der Waals surface area contributed by atoms with Crippen LogP contribution in [0.15, 0.2) is 23.6 Å². The van der Waals surface area contributed by atoms with Gasteiger partial charge in [0, 0.05) is 0 Å². The molecule has 0 radical (unpaired) electrons. The monoisotopic (exact) mass is 261 g/mol. The fourth-order valence-corrected chi connectivity index (χ4v) is 3.76. The van der Waals surface area contributed by atoms with E-state index in [1.54, 1.807) is 18.4 Å². The van der Waals surface area contributed by atoms with Crippen molar-refractivity contribution in [3.05, 3.63) is 29.1 Å². The van der Waals surface area contributed by atoms with Crippen LogP contribution in [0.4, 0.5) is 0 Å². The van der Waals surface area contributed by atoms with E-state index in [1.807, 2.05) is 0 Å². The topological polar surface area (TPSA) is 21.3 Å². The van der Waals surface area contributed by atoms with Gasteiger partial charge in [-0.2, -0.15) is 0 Å². The third kappa shape index (κ3) is 2.25. The summed E-state index contributed by atoms with van der Waals surface area (Å²) in [5, 5.41) is 6.99. The molecule has 96 valence electrons. The van der Waals surface area contributed by atoms with E-state index in [-0.39, 0.29) is 0 Å². The van der Waals surface area contributed by atoms with Crippen LogP contribution in [0.5, 0.6) is 5.75 Å². The number of hydrogen-bond donors (Lipinski definition) is 1. The molecule has 18 heavy (non-hydrogen) atoms. The third-order valence-corrected chi connectivity index (χ3v) is 4.79. The molecule has 0 aliphatic carbocycles. The maximum Gasteiger partial charge on any atom is 0.136 e. The number of nitrogens with one attached hydrogen (secondary N) is 1. The van der Waals surface area contributed by atoms with Gasteiger partial charge in [0.1, 0.15) is 5.75 Å². The Labute approximate surface area is 112 Å². The molecule has 0 unspecified atom stereocenters. The van der Waals surface area contributed by atoms with E-state index < -0.39 is 0 Å². The molecule has 0 bridgehead atoms. The van der Waals surface area contributed by atoms with Crippen molar-refractivity contribution >= 4 is 21.4 Å². The van der Waals surface area contributed by atoms with Gasteiger partial charge in [0.05, 0.1) is 11.8 Å². The van der Waals surface area contributed by atoms with Gasteiger partial charge >= 0.3 is 0 Å². The summed E-state index contributed by atoms with van der Waals surface area (Å²) in [5.41, 5.74) is 1.49. The van der Waals surface area contributed by atoms with Gasteiger partial charge in [-0.25, -0.2) is 0 Å². The molecule has 1 aliphatic rings. The van der Waals surface area contributed by atoms with Gasteiger partial charge in [0.2, 0.25) is 0 Å². The zero-order valence-electron chi connectivity index (χ0n) is 10.7. The Morgan fingerprint density at radius 3 is 2.89 bits per heavy atom. The van der Waals surface area contributed by atoms with Crippen molar-refractivity contribution in [2.24, 2.45) is 5.92 Å². The number of rotatable bonds is 3. The summed E-state index contributed by atoms with van der Waals surface area (Å²) in [6.07, 6.45) is 3.81. The van der Waals surface area contributed by atoms with E-state index in [9.17, 15) is 0 Å². The van der Waals surface area contributed by atoms with E-state index in [2.05, 4.69) is 28.9 Å². The molecular weight excluding hydrogens is 242 g/mol. The van der Waals surface area contributed by atoms with Crippen LogP contribution < -0.4 is 10.1 Å². The first-order valence-electron chi connectivity index (χ1n) is 6.62. The molecule has 3 heteroatoms. The summed E-state index contributed by atoms with van der Waals surface area (Å²) in [6.45, 7) is 2.35. The fourth-order valence-electron chi connectivity index (χ4n) is 2.83. The summed E-state index contributed by atoms with van der Waals surface area (Å²) in [4.78, 5) is 0. The minimum absolute atomic E-state index is 0.836. The molecule has 1 aromatic carbocycles. The van der Waals surface area contributed by atoms with Gasteiger partial charge in [0.25, 0.3) is 0 Å². The van der Waals surface area contributed by atoms with E-state index >= 15 is 0 Å². The fraction of sp³-hybridized carbons (Fsp3) is 0.467. The van der Waals surface area contributed by atoms with Crippen molar-refractivity contribution in [3.8, 4) is 5.75 Å². The zero-order valence-corrected chi connectivity index (χ0v) is 11.6. The molecule has 1 N–H and O–H groups in total. The van der Waals surface area contributed by atoms with Gasteiger partial charge in [-0.15, -0.1) is 11.3 Å². The SMILES string of the molecule is COc1ccc(CC2CCNCC2)c2ccsc12. The van der Waals surface area contributed by atoms with Crippen LogP contribution in [0, 0.1) is 5.92 Å². The minimum Gasteiger partial charge on any atom is -0.495 e. The lowest BCUT2D eigenvalue weighted by Crippen LogP contribution is -2.28. The van der Waals surface area contributed by atoms with Gasteiger partial charge < -0.3 is 10.1 Å². The predicted octanol–water partition coefficient (Wildman–Crippen LogP) is 3.45. The van der Waals surface area contributed by atoms with Crippen molar-refractivity contribution in [1.29, 1.82) is 0 Å². The molecule has 1 saturated heterocycles. The molecule has 0 atom stereocenters. The first-order chi connectivity index (χ1) is 8.88. The van der Waals surface area contributed by atoms with Gasteiger partial charge in [-0.05, 0) is 66.7 Å². The molecule has 0 saturated carbocycles. The van der Waals surface area contributed by atoms with Crippen molar-refractivity contribution in [2.45, 2.75) is 19.3 Å². The zero-order chi connectivity index (χ0) is 12.4. The molecule has 2 aromatic rings. The second kappa shape index (κ2) is 5.29. The smallest absolute Gasteiger partial charge is 0.136 e. The van der Waals surface area contributed by atoms with Crippen LogP contribution in [-0.2, 0) is 6.42 Å². The predicted molar refractivity (Wildman–Crippen MR) is 77.7 cm³/mol. The first-order valence-corrected chi connectivity index (χ1v) is 7.50. The van der Waals surface area contributed by atoms with Crippen LogP contribution in [0.2, 0.25) is 0 Å². The second-order valence-electron chi connectivity index (χ2n) is 4.99. The Morgan fingerprint density at radius 2 is 2.11 bits per heavy atom. The molecule has 0 amide bonds. The second-order valence-corrected chi connectivity index (χ2v) is 5.90. The average Bonchev–Trinajstić information content (AvgIpc) is 2.90. The maximum absolute atomic E-state index is 5.43. The molecule has 1 aromatic heterocycles.